The van der Waals surface area contributed by atoms with E-state index in [0.717, 1.165) is 10.7 Å². The average molecular weight is 362 g/mol. The van der Waals surface area contributed by atoms with Crippen LogP contribution in [0.2, 0.25) is 10.2 Å². The minimum absolute atomic E-state index is 0.00300. The van der Waals surface area contributed by atoms with Crippen molar-refractivity contribution in [1.82, 2.24) is 0 Å². The lowest BCUT2D eigenvalue weighted by Gasteiger charge is -2.06. The van der Waals surface area contributed by atoms with E-state index in [4.69, 9.17) is 23.2 Å². The molecule has 1 N–H and O–H groups in total. The molecule has 0 radical (unpaired) electrons. The van der Waals surface area contributed by atoms with E-state index < -0.39 is 5.91 Å². The number of rotatable bonds is 2. The Hall–Kier alpha value is -1.30. The largest absolute Gasteiger partial charge is 0.618 e. The first-order valence-corrected chi connectivity index (χ1v) is 6.67. The summed E-state index contributed by atoms with van der Waals surface area (Å²) in [4.78, 5) is 11.9. The van der Waals surface area contributed by atoms with E-state index in [1.165, 1.54) is 12.1 Å². The van der Waals surface area contributed by atoms with Gasteiger partial charge in [0.05, 0.1) is 5.02 Å². The van der Waals surface area contributed by atoms with Crippen LogP contribution in [0.3, 0.4) is 0 Å². The zero-order chi connectivity index (χ0) is 14.0. The van der Waals surface area contributed by atoms with Crippen molar-refractivity contribution in [3.63, 3.8) is 0 Å². The Bertz CT molecular complexity index is 650. The van der Waals surface area contributed by atoms with Crippen LogP contribution in [0, 0.1) is 5.21 Å². The van der Waals surface area contributed by atoms with Gasteiger partial charge in [-0.05, 0) is 51.8 Å². The lowest BCUT2D eigenvalue weighted by Crippen LogP contribution is -2.29. The maximum absolute atomic E-state index is 11.9. The van der Waals surface area contributed by atoms with E-state index in [0.29, 0.717) is 15.4 Å². The molecule has 0 saturated heterocycles. The molecule has 98 valence electrons. The molecule has 0 fully saturated rings. The Morgan fingerprint density at radius 2 is 2.00 bits per heavy atom. The molecule has 0 unspecified atom stereocenters. The maximum atomic E-state index is 11.9. The number of hydrogen-bond acceptors (Lipinski definition) is 2. The van der Waals surface area contributed by atoms with Gasteiger partial charge in [-0.1, -0.05) is 11.6 Å². The molecule has 2 rings (SSSR count). The fourth-order valence-electron chi connectivity index (χ4n) is 1.37. The van der Waals surface area contributed by atoms with Gasteiger partial charge in [0.2, 0.25) is 0 Å². The first-order chi connectivity index (χ1) is 8.97. The number of anilines is 1. The van der Waals surface area contributed by atoms with E-state index in [9.17, 15) is 10.0 Å². The number of hydrogen-bond donors (Lipinski definition) is 1. The summed E-state index contributed by atoms with van der Waals surface area (Å²) in [5, 5.41) is 14.4. The molecular weight excluding hydrogens is 355 g/mol. The van der Waals surface area contributed by atoms with Crippen molar-refractivity contribution in [1.29, 1.82) is 0 Å². The SMILES string of the molecule is O=C(Nc1ccc(Br)c(Cl)c1)c1ccc(Cl)[n+]([O-])c1. The highest BCUT2D eigenvalue weighted by Crippen LogP contribution is 2.25. The third-order valence-electron chi connectivity index (χ3n) is 2.31. The van der Waals surface area contributed by atoms with Gasteiger partial charge in [-0.3, -0.25) is 4.79 Å². The van der Waals surface area contributed by atoms with Crippen molar-refractivity contribution in [2.45, 2.75) is 0 Å². The second-order valence-electron chi connectivity index (χ2n) is 3.65. The fraction of sp³-hybridized carbons (Fsp3) is 0. The minimum atomic E-state index is -0.417. The van der Waals surface area contributed by atoms with Crippen molar-refractivity contribution in [2.75, 3.05) is 5.32 Å². The van der Waals surface area contributed by atoms with Crippen LogP contribution in [0.1, 0.15) is 10.4 Å². The smallest absolute Gasteiger partial charge is 0.286 e. The van der Waals surface area contributed by atoms with Gasteiger partial charge < -0.3 is 10.5 Å². The van der Waals surface area contributed by atoms with Crippen LogP contribution in [0.25, 0.3) is 0 Å². The fourth-order valence-corrected chi connectivity index (χ4v) is 1.91. The Balaban J connectivity index is 2.20. The molecule has 1 aromatic carbocycles. The van der Waals surface area contributed by atoms with Crippen LogP contribution < -0.4 is 10.0 Å². The average Bonchev–Trinajstić information content (AvgIpc) is 2.37. The van der Waals surface area contributed by atoms with Crippen LogP contribution in [-0.2, 0) is 0 Å². The lowest BCUT2D eigenvalue weighted by molar-refractivity contribution is -0.603. The molecule has 2 aromatic rings. The molecule has 0 atom stereocenters. The minimum Gasteiger partial charge on any atom is -0.618 e. The number of carbonyl (C=O) groups excluding carboxylic acids is 1. The van der Waals surface area contributed by atoms with Gasteiger partial charge in [-0.25, -0.2) is 0 Å². The quantitative estimate of drug-likeness (QED) is 0.504. The molecular formula is C12H7BrCl2N2O2. The highest BCUT2D eigenvalue weighted by atomic mass is 79.9. The Labute approximate surface area is 127 Å². The third-order valence-corrected chi connectivity index (χ3v) is 3.83. The summed E-state index contributed by atoms with van der Waals surface area (Å²) in [6, 6.07) is 7.83. The zero-order valence-corrected chi connectivity index (χ0v) is 12.5. The van der Waals surface area contributed by atoms with Gasteiger partial charge >= 0.3 is 0 Å². The molecule has 0 aliphatic carbocycles. The van der Waals surface area contributed by atoms with Crippen molar-refractivity contribution in [3.05, 3.63) is 61.9 Å². The summed E-state index contributed by atoms with van der Waals surface area (Å²) in [5.74, 6) is -0.417. The zero-order valence-electron chi connectivity index (χ0n) is 9.36. The molecule has 0 saturated carbocycles. The van der Waals surface area contributed by atoms with E-state index in [1.54, 1.807) is 18.2 Å². The van der Waals surface area contributed by atoms with E-state index in [2.05, 4.69) is 21.2 Å². The summed E-state index contributed by atoms with van der Waals surface area (Å²) >= 11 is 14.8. The molecule has 0 aliphatic rings. The number of halogens is 3. The van der Waals surface area contributed by atoms with Gasteiger partial charge in [0.25, 0.3) is 11.1 Å². The molecule has 0 spiro atoms. The highest BCUT2D eigenvalue weighted by molar-refractivity contribution is 9.10. The van der Waals surface area contributed by atoms with Crippen LogP contribution in [0.5, 0.6) is 0 Å². The number of pyridine rings is 1. The normalized spacial score (nSPS) is 10.3. The van der Waals surface area contributed by atoms with E-state index in [1.807, 2.05) is 0 Å². The molecule has 0 bridgehead atoms. The Morgan fingerprint density at radius 3 is 2.63 bits per heavy atom. The molecule has 4 nitrogen and oxygen atoms in total. The number of amides is 1. The Morgan fingerprint density at radius 1 is 1.26 bits per heavy atom. The second-order valence-corrected chi connectivity index (χ2v) is 5.30. The summed E-state index contributed by atoms with van der Waals surface area (Å²) in [6.45, 7) is 0. The number of benzene rings is 1. The third kappa shape index (κ3) is 3.37. The maximum Gasteiger partial charge on any atom is 0.286 e. The predicted molar refractivity (Wildman–Crippen MR) is 77.5 cm³/mol. The first kappa shape index (κ1) is 14.1. The van der Waals surface area contributed by atoms with Crippen molar-refractivity contribution >= 4 is 50.7 Å². The number of carbonyl (C=O) groups is 1. The standard InChI is InChI=1S/C12H7BrCl2N2O2/c13-9-3-2-8(5-10(9)14)16-12(18)7-1-4-11(15)17(19)6-7/h1-6H,(H,16,18). The molecule has 0 aliphatic heterocycles. The summed E-state index contributed by atoms with van der Waals surface area (Å²) in [6.07, 6.45) is 1.11. The summed E-state index contributed by atoms with van der Waals surface area (Å²) in [7, 11) is 0. The molecule has 1 aromatic heterocycles. The monoisotopic (exact) mass is 360 g/mol. The van der Waals surface area contributed by atoms with Gasteiger partial charge in [0.15, 0.2) is 6.20 Å². The van der Waals surface area contributed by atoms with Crippen molar-refractivity contribution < 1.29 is 9.52 Å². The van der Waals surface area contributed by atoms with Gasteiger partial charge in [0.1, 0.15) is 5.56 Å². The van der Waals surface area contributed by atoms with Crippen LogP contribution in [0.4, 0.5) is 5.69 Å². The van der Waals surface area contributed by atoms with Crippen LogP contribution in [0.15, 0.2) is 41.0 Å². The molecule has 19 heavy (non-hydrogen) atoms. The van der Waals surface area contributed by atoms with E-state index in [-0.39, 0.29) is 10.7 Å². The predicted octanol–water partition coefficient (Wildman–Crippen LogP) is 3.64. The topological polar surface area (TPSA) is 56.0 Å². The van der Waals surface area contributed by atoms with Gasteiger partial charge in [0, 0.05) is 16.2 Å². The molecule has 7 heteroatoms. The molecule has 1 heterocycles. The van der Waals surface area contributed by atoms with E-state index >= 15 is 0 Å². The van der Waals surface area contributed by atoms with Crippen LogP contribution in [-0.4, -0.2) is 5.91 Å². The summed E-state index contributed by atoms with van der Waals surface area (Å²) in [5.41, 5.74) is 0.740. The van der Waals surface area contributed by atoms with Gasteiger partial charge in [-0.15, -0.1) is 0 Å². The van der Waals surface area contributed by atoms with Crippen molar-refractivity contribution in [3.8, 4) is 0 Å². The highest BCUT2D eigenvalue weighted by Gasteiger charge is 2.12. The van der Waals surface area contributed by atoms with Gasteiger partial charge in [-0.2, -0.15) is 4.73 Å². The summed E-state index contributed by atoms with van der Waals surface area (Å²) < 4.78 is 1.15. The Kier molecular flexibility index (Phi) is 4.29. The lowest BCUT2D eigenvalue weighted by atomic mass is 10.2. The molecule has 1 amide bonds. The number of nitrogens with one attached hydrogen (secondary N) is 1. The first-order valence-electron chi connectivity index (χ1n) is 5.12. The number of nitrogens with zero attached hydrogens (tertiary/aromatic N) is 1. The number of aromatic nitrogens is 1. The van der Waals surface area contributed by atoms with Crippen molar-refractivity contribution in [2.24, 2.45) is 0 Å². The van der Waals surface area contributed by atoms with Crippen LogP contribution >= 0.6 is 39.1 Å². The second kappa shape index (κ2) is 5.77.